The largest absolute Gasteiger partial charge is 0.492 e. The first-order valence-electron chi connectivity index (χ1n) is 10.9. The van der Waals surface area contributed by atoms with E-state index in [2.05, 4.69) is 10.2 Å². The number of nitrogens with one attached hydrogen (secondary N) is 1. The number of likely N-dealkylation sites (tertiary alicyclic amines) is 1. The molecule has 0 aromatic heterocycles. The van der Waals surface area contributed by atoms with E-state index in [9.17, 15) is 4.79 Å². The summed E-state index contributed by atoms with van der Waals surface area (Å²) in [6.07, 6.45) is 7.35. The minimum Gasteiger partial charge on any atom is -0.492 e. The Morgan fingerprint density at radius 2 is 1.97 bits per heavy atom. The van der Waals surface area contributed by atoms with Crippen LogP contribution < -0.4 is 10.1 Å². The van der Waals surface area contributed by atoms with Crippen LogP contribution >= 0.6 is 12.2 Å². The van der Waals surface area contributed by atoms with Crippen molar-refractivity contribution in [2.45, 2.75) is 63.5 Å². The van der Waals surface area contributed by atoms with E-state index in [0.717, 1.165) is 56.8 Å². The van der Waals surface area contributed by atoms with Gasteiger partial charge in [-0.3, -0.25) is 0 Å². The number of piperidine rings is 1. The zero-order valence-corrected chi connectivity index (χ0v) is 18.0. The Labute approximate surface area is 178 Å². The highest BCUT2D eigenvalue weighted by molar-refractivity contribution is 7.80. The van der Waals surface area contributed by atoms with E-state index in [1.165, 1.54) is 19.3 Å². The third-order valence-electron chi connectivity index (χ3n) is 6.38. The average molecular weight is 418 g/mol. The second-order valence-electron chi connectivity index (χ2n) is 8.32. The number of nitrogens with zero attached hydrogens (tertiary/aromatic N) is 2. The van der Waals surface area contributed by atoms with Crippen molar-refractivity contribution in [3.63, 3.8) is 0 Å². The Morgan fingerprint density at radius 1 is 1.24 bits per heavy atom. The molecular weight excluding hydrogens is 386 g/mol. The Balaban J connectivity index is 1.31. The summed E-state index contributed by atoms with van der Waals surface area (Å²) >= 11 is 5.65. The molecule has 0 atom stereocenters. The van der Waals surface area contributed by atoms with Gasteiger partial charge in [-0.15, -0.1) is 0 Å². The molecule has 2 saturated heterocycles. The average Bonchev–Trinajstić information content (AvgIpc) is 3.05. The SMILES string of the molecule is CCOc1ccccc1NC(=S)N1CCC(N2CC3(CCCCC3)OC2=O)CC1. The Hall–Kier alpha value is -2.02. The van der Waals surface area contributed by atoms with Crippen LogP contribution in [-0.4, -0.2) is 58.9 Å². The molecule has 3 fully saturated rings. The maximum absolute atomic E-state index is 12.5. The highest BCUT2D eigenvalue weighted by Crippen LogP contribution is 2.38. The maximum atomic E-state index is 12.5. The summed E-state index contributed by atoms with van der Waals surface area (Å²) in [6, 6.07) is 8.10. The van der Waals surface area contributed by atoms with Gasteiger partial charge in [-0.05, 0) is 69.8 Å². The molecule has 2 aliphatic heterocycles. The normalized spacial score (nSPS) is 21.9. The van der Waals surface area contributed by atoms with E-state index in [1.54, 1.807) is 0 Å². The number of hydrogen-bond donors (Lipinski definition) is 1. The first kappa shape index (κ1) is 20.3. The molecule has 0 radical (unpaired) electrons. The van der Waals surface area contributed by atoms with Gasteiger partial charge in [0.2, 0.25) is 0 Å². The second-order valence-corrected chi connectivity index (χ2v) is 8.70. The smallest absolute Gasteiger partial charge is 0.410 e. The molecule has 7 heteroatoms. The number of carbonyl (C=O) groups excluding carboxylic acids is 1. The van der Waals surface area contributed by atoms with Gasteiger partial charge >= 0.3 is 6.09 Å². The van der Waals surface area contributed by atoms with Crippen molar-refractivity contribution in [2.75, 3.05) is 31.6 Å². The highest BCUT2D eigenvalue weighted by Gasteiger charge is 2.48. The molecule has 2 heterocycles. The van der Waals surface area contributed by atoms with E-state index in [4.69, 9.17) is 21.7 Å². The zero-order valence-electron chi connectivity index (χ0n) is 17.2. The molecule has 158 valence electrons. The molecule has 1 spiro atoms. The first-order chi connectivity index (χ1) is 14.1. The summed E-state index contributed by atoms with van der Waals surface area (Å²) in [5.41, 5.74) is 0.676. The van der Waals surface area contributed by atoms with Gasteiger partial charge in [-0.25, -0.2) is 4.79 Å². The van der Waals surface area contributed by atoms with Gasteiger partial charge in [-0.1, -0.05) is 18.6 Å². The predicted octanol–water partition coefficient (Wildman–Crippen LogP) is 4.40. The zero-order chi connectivity index (χ0) is 20.3. The number of benzene rings is 1. The third kappa shape index (κ3) is 4.44. The van der Waals surface area contributed by atoms with E-state index >= 15 is 0 Å². The van der Waals surface area contributed by atoms with Gasteiger partial charge in [0, 0.05) is 19.1 Å². The number of amides is 1. The van der Waals surface area contributed by atoms with E-state index in [-0.39, 0.29) is 17.7 Å². The van der Waals surface area contributed by atoms with E-state index < -0.39 is 0 Å². The molecule has 1 amide bonds. The minimum atomic E-state index is -0.216. The number of hydrogen-bond acceptors (Lipinski definition) is 4. The van der Waals surface area contributed by atoms with E-state index in [0.29, 0.717) is 11.7 Å². The molecule has 6 nitrogen and oxygen atoms in total. The van der Waals surface area contributed by atoms with Crippen LogP contribution in [0.1, 0.15) is 51.9 Å². The predicted molar refractivity (Wildman–Crippen MR) is 117 cm³/mol. The number of carbonyl (C=O) groups is 1. The van der Waals surface area contributed by atoms with Crippen molar-refractivity contribution in [3.05, 3.63) is 24.3 Å². The molecule has 1 N–H and O–H groups in total. The van der Waals surface area contributed by atoms with Gasteiger partial charge in [0.15, 0.2) is 5.11 Å². The van der Waals surface area contributed by atoms with Crippen LogP contribution in [0, 0.1) is 0 Å². The second kappa shape index (κ2) is 8.78. The molecule has 1 aromatic carbocycles. The maximum Gasteiger partial charge on any atom is 0.410 e. The number of thiocarbonyl (C=S) groups is 1. The molecule has 0 bridgehead atoms. The fourth-order valence-corrected chi connectivity index (χ4v) is 5.10. The molecule has 1 aromatic rings. The monoisotopic (exact) mass is 417 g/mol. The molecule has 1 aliphatic carbocycles. The summed E-state index contributed by atoms with van der Waals surface area (Å²) in [7, 11) is 0. The lowest BCUT2D eigenvalue weighted by Gasteiger charge is -2.37. The molecule has 4 rings (SSSR count). The van der Waals surface area contributed by atoms with Gasteiger partial charge in [-0.2, -0.15) is 0 Å². The minimum absolute atomic E-state index is 0.114. The third-order valence-corrected chi connectivity index (χ3v) is 6.74. The van der Waals surface area contributed by atoms with Crippen molar-refractivity contribution in [1.29, 1.82) is 0 Å². The summed E-state index contributed by atoms with van der Waals surface area (Å²) < 4.78 is 11.5. The fraction of sp³-hybridized carbons (Fsp3) is 0.636. The lowest BCUT2D eigenvalue weighted by molar-refractivity contribution is 0.0259. The lowest BCUT2D eigenvalue weighted by atomic mass is 9.84. The first-order valence-corrected chi connectivity index (χ1v) is 11.3. The van der Waals surface area contributed by atoms with Gasteiger partial charge in [0.25, 0.3) is 0 Å². The molecule has 0 unspecified atom stereocenters. The Morgan fingerprint density at radius 3 is 2.69 bits per heavy atom. The number of rotatable bonds is 4. The van der Waals surface area contributed by atoms with E-state index in [1.807, 2.05) is 36.1 Å². The topological polar surface area (TPSA) is 54.0 Å². The van der Waals surface area contributed by atoms with Crippen LogP contribution in [-0.2, 0) is 4.74 Å². The van der Waals surface area contributed by atoms with Crippen LogP contribution in [0.3, 0.4) is 0 Å². The van der Waals surface area contributed by atoms with Crippen LogP contribution in [0.4, 0.5) is 10.5 Å². The molecule has 1 saturated carbocycles. The van der Waals surface area contributed by atoms with Crippen LogP contribution in [0.5, 0.6) is 5.75 Å². The van der Waals surface area contributed by atoms with Gasteiger partial charge in [0.1, 0.15) is 11.4 Å². The Bertz CT molecular complexity index is 743. The van der Waals surface area contributed by atoms with Gasteiger partial charge in [0.05, 0.1) is 18.8 Å². The summed E-state index contributed by atoms with van der Waals surface area (Å²) in [5, 5.41) is 4.04. The van der Waals surface area contributed by atoms with Crippen molar-refractivity contribution < 1.29 is 14.3 Å². The number of anilines is 1. The molecule has 29 heavy (non-hydrogen) atoms. The van der Waals surface area contributed by atoms with Gasteiger partial charge < -0.3 is 24.6 Å². The van der Waals surface area contributed by atoms with Crippen LogP contribution in [0.2, 0.25) is 0 Å². The summed E-state index contributed by atoms with van der Waals surface area (Å²) in [6.45, 7) is 5.03. The summed E-state index contributed by atoms with van der Waals surface area (Å²) in [5.74, 6) is 0.810. The highest BCUT2D eigenvalue weighted by atomic mass is 32.1. The van der Waals surface area contributed by atoms with Crippen molar-refractivity contribution >= 4 is 29.1 Å². The number of ether oxygens (including phenoxy) is 2. The molecule has 3 aliphatic rings. The Kier molecular flexibility index (Phi) is 6.13. The van der Waals surface area contributed by atoms with Crippen molar-refractivity contribution in [1.82, 2.24) is 9.80 Å². The molecular formula is C22H31N3O3S. The standard InChI is InChI=1S/C22H31N3O3S/c1-2-27-19-9-5-4-8-18(19)23-20(29)24-14-10-17(11-15-24)25-16-22(28-21(25)26)12-6-3-7-13-22/h4-5,8-9,17H,2-3,6-7,10-16H2,1H3,(H,23,29). The van der Waals surface area contributed by atoms with Crippen molar-refractivity contribution in [3.8, 4) is 5.75 Å². The summed E-state index contributed by atoms with van der Waals surface area (Å²) in [4.78, 5) is 16.7. The quantitative estimate of drug-likeness (QED) is 0.733. The van der Waals surface area contributed by atoms with Crippen LogP contribution in [0.25, 0.3) is 0 Å². The van der Waals surface area contributed by atoms with Crippen molar-refractivity contribution in [2.24, 2.45) is 0 Å². The lowest BCUT2D eigenvalue weighted by Crippen LogP contribution is -2.49. The number of para-hydroxylation sites is 2. The van der Waals surface area contributed by atoms with Crippen LogP contribution in [0.15, 0.2) is 24.3 Å². The fourth-order valence-electron chi connectivity index (χ4n) is 4.81.